The van der Waals surface area contributed by atoms with E-state index >= 15 is 0 Å². The highest BCUT2D eigenvalue weighted by atomic mass is 32.2. The van der Waals surface area contributed by atoms with Crippen LogP contribution in [0.3, 0.4) is 0 Å². The minimum Gasteiger partial charge on any atom is -0.326 e. The van der Waals surface area contributed by atoms with Crippen molar-refractivity contribution in [2.45, 2.75) is 18.6 Å². The monoisotopic (exact) mass is 362 g/mol. The van der Waals surface area contributed by atoms with Crippen molar-refractivity contribution < 1.29 is 4.79 Å². The van der Waals surface area contributed by atoms with Crippen LogP contribution in [0.25, 0.3) is 0 Å². The van der Waals surface area contributed by atoms with E-state index < -0.39 is 0 Å². The van der Waals surface area contributed by atoms with Crippen LogP contribution >= 0.6 is 11.8 Å². The minimum absolute atomic E-state index is 0.0547. The lowest BCUT2D eigenvalue weighted by molar-refractivity contribution is -0.115. The van der Waals surface area contributed by atoms with Gasteiger partial charge in [0, 0.05) is 29.8 Å². The molecule has 2 aromatic carbocycles. The Labute approximate surface area is 158 Å². The Morgan fingerprint density at radius 2 is 1.69 bits per heavy atom. The van der Waals surface area contributed by atoms with E-state index in [1.165, 1.54) is 5.56 Å². The summed E-state index contributed by atoms with van der Waals surface area (Å²) in [7, 11) is 0. The van der Waals surface area contributed by atoms with E-state index in [2.05, 4.69) is 28.5 Å². The number of aromatic nitrogens is 1. The van der Waals surface area contributed by atoms with Crippen LogP contribution in [-0.2, 0) is 17.0 Å². The van der Waals surface area contributed by atoms with Crippen molar-refractivity contribution in [2.24, 2.45) is 0 Å². The van der Waals surface area contributed by atoms with Crippen LogP contribution in [0, 0.1) is 0 Å². The zero-order chi connectivity index (χ0) is 18.0. The highest BCUT2D eigenvalue weighted by Crippen LogP contribution is 2.20. The third-order valence-electron chi connectivity index (χ3n) is 3.98. The Bertz CT molecular complexity index is 822. The van der Waals surface area contributed by atoms with Gasteiger partial charge in [0.05, 0.1) is 5.69 Å². The molecule has 0 spiro atoms. The van der Waals surface area contributed by atoms with Gasteiger partial charge in [-0.1, -0.05) is 54.6 Å². The van der Waals surface area contributed by atoms with Crippen LogP contribution in [0.2, 0.25) is 0 Å². The van der Waals surface area contributed by atoms with Gasteiger partial charge in [0.15, 0.2) is 0 Å². The molecule has 0 aliphatic heterocycles. The number of thioether (sulfide) groups is 1. The van der Waals surface area contributed by atoms with Gasteiger partial charge in [-0.05, 0) is 35.7 Å². The molecule has 3 nitrogen and oxygen atoms in total. The second kappa shape index (κ2) is 9.78. The predicted octanol–water partition coefficient (Wildman–Crippen LogP) is 4.93. The first-order valence-corrected chi connectivity index (χ1v) is 9.86. The lowest BCUT2D eigenvalue weighted by Crippen LogP contribution is -2.13. The number of benzene rings is 2. The number of hydrogen-bond acceptors (Lipinski definition) is 3. The van der Waals surface area contributed by atoms with Crippen molar-refractivity contribution in [3.05, 3.63) is 95.8 Å². The maximum absolute atomic E-state index is 12.3. The summed E-state index contributed by atoms with van der Waals surface area (Å²) in [6, 6.07) is 24.2. The maximum atomic E-state index is 12.3. The zero-order valence-corrected chi connectivity index (χ0v) is 15.4. The molecule has 0 saturated heterocycles. The minimum atomic E-state index is 0.0547. The van der Waals surface area contributed by atoms with E-state index in [0.29, 0.717) is 6.42 Å². The molecule has 1 aromatic heterocycles. The second-order valence-electron chi connectivity index (χ2n) is 5.99. The summed E-state index contributed by atoms with van der Waals surface area (Å²) in [5.41, 5.74) is 4.32. The lowest BCUT2D eigenvalue weighted by Gasteiger charge is -2.11. The van der Waals surface area contributed by atoms with E-state index in [-0.39, 0.29) is 5.91 Å². The van der Waals surface area contributed by atoms with E-state index in [9.17, 15) is 4.79 Å². The molecule has 0 bridgehead atoms. The highest BCUT2D eigenvalue weighted by Gasteiger charge is 2.07. The Morgan fingerprint density at radius 1 is 0.923 bits per heavy atom. The molecule has 0 atom stereocenters. The summed E-state index contributed by atoms with van der Waals surface area (Å²) in [6.07, 6.45) is 3.11. The fourth-order valence-corrected chi connectivity index (χ4v) is 3.50. The lowest BCUT2D eigenvalue weighted by atomic mass is 10.0. The number of carbonyl (C=O) groups is 1. The third-order valence-corrected chi connectivity index (χ3v) is 4.97. The number of pyridine rings is 1. The number of rotatable bonds is 8. The molecule has 0 aliphatic carbocycles. The van der Waals surface area contributed by atoms with Crippen molar-refractivity contribution in [3.63, 3.8) is 0 Å². The highest BCUT2D eigenvalue weighted by molar-refractivity contribution is 7.98. The molecule has 3 rings (SSSR count). The molecule has 3 aromatic rings. The summed E-state index contributed by atoms with van der Waals surface area (Å²) in [6.45, 7) is 0. The van der Waals surface area contributed by atoms with Crippen molar-refractivity contribution >= 4 is 23.4 Å². The molecule has 26 heavy (non-hydrogen) atoms. The topological polar surface area (TPSA) is 42.0 Å². The van der Waals surface area contributed by atoms with Gasteiger partial charge < -0.3 is 5.32 Å². The van der Waals surface area contributed by atoms with E-state index in [0.717, 1.165) is 34.9 Å². The molecular weight excluding hydrogens is 340 g/mol. The Kier molecular flexibility index (Phi) is 6.85. The van der Waals surface area contributed by atoms with Gasteiger partial charge >= 0.3 is 0 Å². The summed E-state index contributed by atoms with van der Waals surface area (Å²) in [5, 5.41) is 3.06. The Morgan fingerprint density at radius 3 is 2.50 bits per heavy atom. The summed E-state index contributed by atoms with van der Waals surface area (Å²) in [5.74, 6) is 1.67. The van der Waals surface area contributed by atoms with E-state index in [4.69, 9.17) is 0 Å². The van der Waals surface area contributed by atoms with Crippen LogP contribution in [0.15, 0.2) is 79.0 Å². The van der Waals surface area contributed by atoms with Crippen LogP contribution in [0.5, 0.6) is 0 Å². The fraction of sp³-hybridized carbons (Fsp3) is 0.182. The van der Waals surface area contributed by atoms with Gasteiger partial charge in [0.1, 0.15) is 0 Å². The first kappa shape index (κ1) is 18.2. The molecule has 0 fully saturated rings. The van der Waals surface area contributed by atoms with Gasteiger partial charge in [0.2, 0.25) is 5.91 Å². The predicted molar refractivity (Wildman–Crippen MR) is 109 cm³/mol. The fourth-order valence-electron chi connectivity index (χ4n) is 2.65. The van der Waals surface area contributed by atoms with Crippen LogP contribution in [0.4, 0.5) is 5.69 Å². The maximum Gasteiger partial charge on any atom is 0.225 e. The molecule has 1 amide bonds. The molecule has 0 unspecified atom stereocenters. The number of nitrogens with zero attached hydrogens (tertiary/aromatic N) is 1. The van der Waals surface area contributed by atoms with Gasteiger partial charge in [0.25, 0.3) is 0 Å². The number of carbonyl (C=O) groups excluding carboxylic acids is 1. The second-order valence-corrected chi connectivity index (χ2v) is 7.10. The van der Waals surface area contributed by atoms with Crippen molar-refractivity contribution in [1.29, 1.82) is 0 Å². The van der Waals surface area contributed by atoms with Gasteiger partial charge in [-0.2, -0.15) is 11.8 Å². The third kappa shape index (κ3) is 5.74. The summed E-state index contributed by atoms with van der Waals surface area (Å²) < 4.78 is 0. The number of amides is 1. The normalized spacial score (nSPS) is 10.5. The Hall–Kier alpha value is -2.59. The molecule has 4 heteroatoms. The van der Waals surface area contributed by atoms with Crippen molar-refractivity contribution in [2.75, 3.05) is 11.1 Å². The van der Waals surface area contributed by atoms with Crippen molar-refractivity contribution in [1.82, 2.24) is 4.98 Å². The summed E-state index contributed by atoms with van der Waals surface area (Å²) in [4.78, 5) is 16.6. The van der Waals surface area contributed by atoms with Gasteiger partial charge in [-0.15, -0.1) is 0 Å². The summed E-state index contributed by atoms with van der Waals surface area (Å²) >= 11 is 1.73. The van der Waals surface area contributed by atoms with Crippen molar-refractivity contribution in [3.8, 4) is 0 Å². The van der Waals surface area contributed by atoms with Gasteiger partial charge in [-0.3, -0.25) is 9.78 Å². The molecule has 0 saturated carbocycles. The molecule has 1 N–H and O–H groups in total. The van der Waals surface area contributed by atoms with Gasteiger partial charge in [-0.25, -0.2) is 0 Å². The SMILES string of the molecule is O=C(CCSCc1ccccn1)Nc1ccccc1Cc1ccccc1. The number of anilines is 1. The molecule has 0 radical (unpaired) electrons. The number of hydrogen-bond donors (Lipinski definition) is 1. The standard InChI is InChI=1S/C22H22N2OS/c25-22(13-15-26-17-20-11-6-7-14-23-20)24-21-12-5-4-10-19(21)16-18-8-2-1-3-9-18/h1-12,14H,13,15-17H2,(H,24,25). The molecule has 1 heterocycles. The molecule has 0 aliphatic rings. The van der Waals surface area contributed by atoms with Crippen LogP contribution in [-0.4, -0.2) is 16.6 Å². The van der Waals surface area contributed by atoms with E-state index in [1.54, 1.807) is 18.0 Å². The average Bonchev–Trinajstić information content (AvgIpc) is 2.68. The average molecular weight is 362 g/mol. The zero-order valence-electron chi connectivity index (χ0n) is 14.6. The Balaban J connectivity index is 1.49. The molecule has 132 valence electrons. The number of para-hydroxylation sites is 1. The number of nitrogens with one attached hydrogen (secondary N) is 1. The van der Waals surface area contributed by atoms with Crippen LogP contribution in [0.1, 0.15) is 23.2 Å². The smallest absolute Gasteiger partial charge is 0.225 e. The van der Waals surface area contributed by atoms with Crippen LogP contribution < -0.4 is 5.32 Å². The first-order chi connectivity index (χ1) is 12.8. The van der Waals surface area contributed by atoms with E-state index in [1.807, 2.05) is 54.6 Å². The molecular formula is C22H22N2OS. The largest absolute Gasteiger partial charge is 0.326 e. The quantitative estimate of drug-likeness (QED) is 0.578. The first-order valence-electron chi connectivity index (χ1n) is 8.70.